The summed E-state index contributed by atoms with van der Waals surface area (Å²) in [5.41, 5.74) is 0. The van der Waals surface area contributed by atoms with Crippen molar-refractivity contribution in [2.45, 2.75) is 25.7 Å². The summed E-state index contributed by atoms with van der Waals surface area (Å²) in [5, 5.41) is 0. The van der Waals surface area contributed by atoms with Crippen LogP contribution in [0.2, 0.25) is 0 Å². The predicted octanol–water partition coefficient (Wildman–Crippen LogP) is 1.67. The maximum atomic E-state index is 11.4. The van der Waals surface area contributed by atoms with E-state index in [1.165, 1.54) is 0 Å². The average molecular weight is 440 g/mol. The third-order valence-corrected chi connectivity index (χ3v) is 2.36. The summed E-state index contributed by atoms with van der Waals surface area (Å²) in [4.78, 5) is 13.3. The van der Waals surface area contributed by atoms with Crippen LogP contribution in [0.5, 0.6) is 0 Å². The summed E-state index contributed by atoms with van der Waals surface area (Å²) in [6, 6.07) is 0. The van der Waals surface area contributed by atoms with Gasteiger partial charge >= 0.3 is 0 Å². The molecule has 0 aromatic heterocycles. The van der Waals surface area contributed by atoms with E-state index in [2.05, 4.69) is 13.8 Å². The first-order chi connectivity index (χ1) is 5.74. The molecule has 1 fully saturated rings. The van der Waals surface area contributed by atoms with E-state index >= 15 is 0 Å². The van der Waals surface area contributed by atoms with Crippen LogP contribution in [0.4, 0.5) is 0 Å². The number of piperidine rings is 1. The maximum Gasteiger partial charge on any atom is 0.219 e. The molecule has 79 valence electrons. The Morgan fingerprint density at radius 3 is 2.29 bits per heavy atom. The zero-order chi connectivity index (χ0) is 8.97. The third-order valence-electron chi connectivity index (χ3n) is 2.36. The van der Waals surface area contributed by atoms with Crippen LogP contribution in [-0.4, -0.2) is 23.9 Å². The topological polar surface area (TPSA) is 20.3 Å². The van der Waals surface area contributed by atoms with Crippen LogP contribution in [0, 0.1) is 19.8 Å². The molecule has 0 aliphatic carbocycles. The van der Waals surface area contributed by atoms with Gasteiger partial charge in [0.1, 0.15) is 0 Å². The Labute approximate surface area is 127 Å². The van der Waals surface area contributed by atoms with Crippen molar-refractivity contribution in [2.24, 2.45) is 5.92 Å². The largest absolute Gasteiger partial charge is 0.343 e. The van der Waals surface area contributed by atoms with Crippen LogP contribution in [0.15, 0.2) is 0 Å². The Morgan fingerprint density at radius 1 is 1.36 bits per heavy atom. The second kappa shape index (κ2) is 9.49. The summed E-state index contributed by atoms with van der Waals surface area (Å²) in [5.74, 6) is 0.811. The van der Waals surface area contributed by atoms with Crippen LogP contribution in [0.25, 0.3) is 0 Å². The quantitative estimate of drug-likeness (QED) is 0.599. The van der Waals surface area contributed by atoms with Gasteiger partial charge in [-0.2, -0.15) is 12.3 Å². The van der Waals surface area contributed by atoms with Crippen molar-refractivity contribution < 1.29 is 58.6 Å². The monoisotopic (exact) mass is 440 g/mol. The fourth-order valence-electron chi connectivity index (χ4n) is 1.49. The Kier molecular flexibility index (Phi) is 12.0. The van der Waals surface area contributed by atoms with Crippen LogP contribution >= 0.6 is 0 Å². The van der Waals surface area contributed by atoms with E-state index in [9.17, 15) is 4.79 Å². The average Bonchev–Trinajstić information content (AvgIpc) is 2.06. The van der Waals surface area contributed by atoms with Gasteiger partial charge in [-0.05, 0) is 6.42 Å². The van der Waals surface area contributed by atoms with Gasteiger partial charge in [-0.1, -0.05) is 12.8 Å². The summed E-state index contributed by atoms with van der Waals surface area (Å²) in [7, 11) is 0. The minimum atomic E-state index is 0. The number of nitrogens with zero attached hydrogens (tertiary/aromatic N) is 1. The molecule has 0 saturated carbocycles. The summed E-state index contributed by atoms with van der Waals surface area (Å²) >= 11 is 0. The van der Waals surface area contributed by atoms with Gasteiger partial charge in [0, 0.05) is 66.9 Å². The molecule has 0 atom stereocenters. The molecule has 0 unspecified atom stereocenters. The first kappa shape index (κ1) is 17.7. The van der Waals surface area contributed by atoms with Crippen LogP contribution < -0.4 is 0 Å². The van der Waals surface area contributed by atoms with Crippen molar-refractivity contribution in [3.8, 4) is 0 Å². The Balaban J connectivity index is 0. The molecule has 0 N–H and O–H groups in total. The van der Waals surface area contributed by atoms with Crippen molar-refractivity contribution >= 4 is 5.91 Å². The minimum Gasteiger partial charge on any atom is -0.343 e. The zero-order valence-corrected chi connectivity index (χ0v) is 14.3. The van der Waals surface area contributed by atoms with Gasteiger partial charge in [-0.25, -0.2) is 0 Å². The van der Waals surface area contributed by atoms with Crippen molar-refractivity contribution in [1.82, 2.24) is 4.90 Å². The van der Waals surface area contributed by atoms with E-state index in [1.807, 2.05) is 4.90 Å². The fraction of sp³-hybridized carbons (Fsp3) is 0.700. The number of carbonyl (C=O) groups excluding carboxylic acids is 1. The maximum absolute atomic E-state index is 11.4. The second-order valence-electron chi connectivity index (χ2n) is 3.43. The van der Waals surface area contributed by atoms with Gasteiger partial charge < -0.3 is 18.7 Å². The Morgan fingerprint density at radius 2 is 1.86 bits per heavy atom. The van der Waals surface area contributed by atoms with Crippen molar-refractivity contribution in [2.75, 3.05) is 13.1 Å². The summed E-state index contributed by atoms with van der Waals surface area (Å²) < 4.78 is 0. The predicted molar refractivity (Wildman–Crippen MR) is 49.3 cm³/mol. The van der Waals surface area contributed by atoms with Gasteiger partial charge in [0.05, 0.1) is 0 Å². The molecule has 0 spiro atoms. The molecule has 4 heteroatoms. The molecular weight excluding hydrogens is 423 g/mol. The zero-order valence-electron chi connectivity index (χ0n) is 8.58. The summed E-state index contributed by atoms with van der Waals surface area (Å²) in [6.07, 6.45) is 3.43. The van der Waals surface area contributed by atoms with E-state index in [1.54, 1.807) is 0 Å². The standard InChI is InChI=1S/C10H17NO.W.Y/c1-3-4-10(12)11-7-5-9(2)6-8-11;;/h9H,1-8H2;;/q-2;;. The Bertz CT molecular complexity index is 158. The van der Waals surface area contributed by atoms with E-state index < -0.39 is 0 Å². The van der Waals surface area contributed by atoms with Crippen LogP contribution in [0.3, 0.4) is 0 Å². The van der Waals surface area contributed by atoms with E-state index in [0.29, 0.717) is 18.8 Å². The van der Waals surface area contributed by atoms with Crippen molar-refractivity contribution in [1.29, 1.82) is 0 Å². The fourth-order valence-corrected chi connectivity index (χ4v) is 1.49. The summed E-state index contributed by atoms with van der Waals surface area (Å²) in [6.45, 7) is 9.45. The third kappa shape index (κ3) is 5.98. The van der Waals surface area contributed by atoms with Crippen molar-refractivity contribution in [3.05, 3.63) is 13.8 Å². The van der Waals surface area contributed by atoms with Crippen molar-refractivity contribution in [3.63, 3.8) is 0 Å². The molecule has 2 nitrogen and oxygen atoms in total. The van der Waals surface area contributed by atoms with E-state index in [-0.39, 0.29) is 59.7 Å². The number of carbonyl (C=O) groups is 1. The van der Waals surface area contributed by atoms with E-state index in [4.69, 9.17) is 0 Å². The molecular formula is C10H17NOWY-2. The number of rotatable bonds is 2. The van der Waals surface area contributed by atoms with Crippen LogP contribution in [0.1, 0.15) is 25.7 Å². The molecule has 1 heterocycles. The molecule has 14 heavy (non-hydrogen) atoms. The van der Waals surface area contributed by atoms with Gasteiger partial charge in [0.15, 0.2) is 0 Å². The first-order valence-corrected chi connectivity index (χ1v) is 4.64. The second-order valence-corrected chi connectivity index (χ2v) is 3.43. The normalized spacial score (nSPS) is 16.9. The molecule has 1 amide bonds. The minimum absolute atomic E-state index is 0. The number of amides is 1. The number of hydrogen-bond acceptors (Lipinski definition) is 1. The smallest absolute Gasteiger partial charge is 0.219 e. The Hall–Kier alpha value is 1.26. The molecule has 1 radical (unpaired) electrons. The molecule has 0 aromatic rings. The first-order valence-electron chi connectivity index (χ1n) is 4.64. The van der Waals surface area contributed by atoms with Gasteiger partial charge in [0.2, 0.25) is 5.91 Å². The van der Waals surface area contributed by atoms with Gasteiger partial charge in [-0.15, -0.1) is 0 Å². The van der Waals surface area contributed by atoms with Gasteiger partial charge in [0.25, 0.3) is 0 Å². The molecule has 1 aliphatic rings. The number of hydrogen-bond donors (Lipinski definition) is 0. The molecule has 1 aliphatic heterocycles. The SMILES string of the molecule is [CH2-]CCC(=O)N1CCC([CH2-])CC1.[W].[Y]. The molecule has 1 rings (SSSR count). The van der Waals surface area contributed by atoms with E-state index in [0.717, 1.165) is 25.9 Å². The molecule has 0 aromatic carbocycles. The van der Waals surface area contributed by atoms with Gasteiger partial charge in [-0.3, -0.25) is 4.79 Å². The molecule has 1 saturated heterocycles. The molecule has 0 bridgehead atoms. The van der Waals surface area contributed by atoms with Crippen LogP contribution in [-0.2, 0) is 58.6 Å². The number of likely N-dealkylation sites (tertiary alicyclic amines) is 1.